The molecule has 10 nitrogen and oxygen atoms in total. The number of imide groups is 1. The van der Waals surface area contributed by atoms with Crippen molar-refractivity contribution in [2.45, 2.75) is 31.3 Å². The Kier molecular flexibility index (Phi) is 6.91. The fourth-order valence-corrected chi connectivity index (χ4v) is 5.11. The maximum Gasteiger partial charge on any atom is 0.410 e. The molecular formula is C24H29N5O5S. The molecule has 35 heavy (non-hydrogen) atoms. The van der Waals surface area contributed by atoms with E-state index in [-0.39, 0.29) is 23.0 Å². The van der Waals surface area contributed by atoms with Crippen molar-refractivity contribution in [3.63, 3.8) is 0 Å². The number of pyridine rings is 1. The highest BCUT2D eigenvalue weighted by atomic mass is 32.2. The summed E-state index contributed by atoms with van der Waals surface area (Å²) in [6.45, 7) is 9.09. The van der Waals surface area contributed by atoms with Crippen LogP contribution < -0.4 is 16.6 Å². The Morgan fingerprint density at radius 2 is 1.77 bits per heavy atom. The van der Waals surface area contributed by atoms with E-state index in [0.29, 0.717) is 18.8 Å². The molecule has 3 amide bonds. The number of nitrogens with one attached hydrogen (secondary N) is 1. The molecule has 2 aliphatic heterocycles. The quantitative estimate of drug-likeness (QED) is 0.472. The van der Waals surface area contributed by atoms with Crippen molar-refractivity contribution in [2.75, 3.05) is 44.2 Å². The number of rotatable bonds is 5. The second-order valence-electron chi connectivity index (χ2n) is 9.40. The van der Waals surface area contributed by atoms with Gasteiger partial charge in [-0.05, 0) is 32.9 Å². The third kappa shape index (κ3) is 5.35. The molecular weight excluding hydrogens is 470 g/mol. The zero-order valence-corrected chi connectivity index (χ0v) is 20.8. The molecule has 2 aliphatic rings. The molecule has 0 bridgehead atoms. The molecule has 186 valence electrons. The van der Waals surface area contributed by atoms with Gasteiger partial charge in [0.05, 0.1) is 16.8 Å². The Labute approximate surface area is 207 Å². The van der Waals surface area contributed by atoms with Gasteiger partial charge in [-0.25, -0.2) is 4.79 Å². The Balaban J connectivity index is 1.41. The average Bonchev–Trinajstić information content (AvgIpc) is 3.07. The number of nitrogen functional groups attached to an aromatic ring is 1. The number of nitrogens with zero attached hydrogens (tertiary/aromatic N) is 3. The SMILES string of the molecule is CC(C)(C)OC(=O)N1CCN(CCSc2ccccc2-n2c(N)c3c(cc2=O)C(=O)NC3=O)CC1. The molecule has 3 heterocycles. The summed E-state index contributed by atoms with van der Waals surface area (Å²) in [6.07, 6.45) is -0.284. The number of carbonyl (C=O) groups excluding carboxylic acids is 3. The highest BCUT2D eigenvalue weighted by molar-refractivity contribution is 7.99. The van der Waals surface area contributed by atoms with Gasteiger partial charge in [0.2, 0.25) is 0 Å². The van der Waals surface area contributed by atoms with Crippen LogP contribution in [-0.2, 0) is 4.74 Å². The first-order valence-corrected chi connectivity index (χ1v) is 12.4. The molecule has 1 aromatic heterocycles. The molecule has 2 aromatic rings. The fourth-order valence-electron chi connectivity index (χ4n) is 4.06. The van der Waals surface area contributed by atoms with Gasteiger partial charge < -0.3 is 15.4 Å². The molecule has 0 aliphatic carbocycles. The van der Waals surface area contributed by atoms with Crippen molar-refractivity contribution in [1.82, 2.24) is 19.7 Å². The normalized spacial score (nSPS) is 16.3. The van der Waals surface area contributed by atoms with Crippen LogP contribution in [0.2, 0.25) is 0 Å². The van der Waals surface area contributed by atoms with Crippen molar-refractivity contribution < 1.29 is 19.1 Å². The average molecular weight is 500 g/mol. The molecule has 11 heteroatoms. The Bertz CT molecular complexity index is 1230. The number of hydrogen-bond donors (Lipinski definition) is 2. The number of ether oxygens (including phenoxy) is 1. The van der Waals surface area contributed by atoms with Gasteiger partial charge in [0, 0.05) is 49.4 Å². The smallest absolute Gasteiger partial charge is 0.410 e. The van der Waals surface area contributed by atoms with E-state index < -0.39 is 23.0 Å². The fraction of sp³-hybridized carbons (Fsp3) is 0.417. The largest absolute Gasteiger partial charge is 0.444 e. The lowest BCUT2D eigenvalue weighted by Crippen LogP contribution is -2.50. The van der Waals surface area contributed by atoms with Gasteiger partial charge in [0.25, 0.3) is 17.4 Å². The van der Waals surface area contributed by atoms with Gasteiger partial charge in [0.1, 0.15) is 11.4 Å². The second kappa shape index (κ2) is 9.74. The number of anilines is 1. The predicted octanol–water partition coefficient (Wildman–Crippen LogP) is 1.95. The maximum atomic E-state index is 12.8. The van der Waals surface area contributed by atoms with Crippen LogP contribution in [0.15, 0.2) is 40.0 Å². The van der Waals surface area contributed by atoms with E-state index in [1.165, 1.54) is 4.57 Å². The minimum absolute atomic E-state index is 0.00408. The molecule has 1 aromatic carbocycles. The van der Waals surface area contributed by atoms with E-state index in [1.54, 1.807) is 28.8 Å². The van der Waals surface area contributed by atoms with E-state index in [0.717, 1.165) is 36.3 Å². The van der Waals surface area contributed by atoms with Crippen LogP contribution in [0.25, 0.3) is 5.69 Å². The number of fused-ring (bicyclic) bond motifs is 1. The number of aromatic nitrogens is 1. The molecule has 1 saturated heterocycles. The second-order valence-corrected chi connectivity index (χ2v) is 10.5. The zero-order chi connectivity index (χ0) is 25.3. The topological polar surface area (TPSA) is 127 Å². The van der Waals surface area contributed by atoms with Crippen LogP contribution in [0.3, 0.4) is 0 Å². The number of carbonyl (C=O) groups is 3. The first-order valence-electron chi connectivity index (χ1n) is 11.4. The number of nitrogens with two attached hydrogens (primary N) is 1. The number of hydrogen-bond acceptors (Lipinski definition) is 8. The molecule has 1 fully saturated rings. The van der Waals surface area contributed by atoms with E-state index in [1.807, 2.05) is 32.9 Å². The number of para-hydroxylation sites is 1. The maximum absolute atomic E-state index is 12.8. The molecule has 0 spiro atoms. The van der Waals surface area contributed by atoms with E-state index >= 15 is 0 Å². The van der Waals surface area contributed by atoms with Gasteiger partial charge in [-0.3, -0.25) is 29.2 Å². The summed E-state index contributed by atoms with van der Waals surface area (Å²) >= 11 is 1.57. The standard InChI is InChI=1S/C24H29N5O5S/c1-24(2,3)34-23(33)28-10-8-27(9-11-28)12-13-35-17-7-5-4-6-16(17)29-18(30)14-15-19(20(29)25)22(32)26-21(15)31/h4-7,14H,8-13,25H2,1-3H3,(H,26,31,32). The molecule has 4 rings (SSSR count). The van der Waals surface area contributed by atoms with Gasteiger partial charge >= 0.3 is 6.09 Å². The lowest BCUT2D eigenvalue weighted by atomic mass is 10.1. The summed E-state index contributed by atoms with van der Waals surface area (Å²) < 4.78 is 6.73. The van der Waals surface area contributed by atoms with Crippen LogP contribution in [0.5, 0.6) is 0 Å². The van der Waals surface area contributed by atoms with Crippen molar-refractivity contribution >= 4 is 35.5 Å². The highest BCUT2D eigenvalue weighted by Crippen LogP contribution is 2.29. The summed E-state index contributed by atoms with van der Waals surface area (Å²) in [7, 11) is 0. The van der Waals surface area contributed by atoms with Gasteiger partial charge in [0.15, 0.2) is 0 Å². The van der Waals surface area contributed by atoms with Gasteiger partial charge in [-0.2, -0.15) is 0 Å². The van der Waals surface area contributed by atoms with Gasteiger partial charge in [-0.1, -0.05) is 12.1 Å². The van der Waals surface area contributed by atoms with Crippen molar-refractivity contribution in [3.8, 4) is 5.69 Å². The lowest BCUT2D eigenvalue weighted by Gasteiger charge is -2.35. The van der Waals surface area contributed by atoms with E-state index in [9.17, 15) is 19.2 Å². The number of piperazine rings is 1. The molecule has 0 saturated carbocycles. The number of thioether (sulfide) groups is 1. The zero-order valence-electron chi connectivity index (χ0n) is 20.0. The van der Waals surface area contributed by atoms with Crippen LogP contribution in [0.4, 0.5) is 10.6 Å². The third-order valence-electron chi connectivity index (χ3n) is 5.75. The summed E-state index contributed by atoms with van der Waals surface area (Å²) in [5.41, 5.74) is 5.80. The first-order chi connectivity index (χ1) is 16.5. The first kappa shape index (κ1) is 24.8. The number of amides is 3. The minimum atomic E-state index is -0.615. The molecule has 0 atom stereocenters. The predicted molar refractivity (Wildman–Crippen MR) is 133 cm³/mol. The molecule has 0 radical (unpaired) electrons. The van der Waals surface area contributed by atoms with E-state index in [2.05, 4.69) is 10.2 Å². The highest BCUT2D eigenvalue weighted by Gasteiger charge is 2.32. The van der Waals surface area contributed by atoms with Crippen LogP contribution in [0.1, 0.15) is 41.5 Å². The summed E-state index contributed by atoms with van der Waals surface area (Å²) in [4.78, 5) is 54.0. The van der Waals surface area contributed by atoms with Gasteiger partial charge in [-0.15, -0.1) is 11.8 Å². The summed E-state index contributed by atoms with van der Waals surface area (Å²) in [5, 5.41) is 2.18. The van der Waals surface area contributed by atoms with Crippen molar-refractivity contribution in [2.24, 2.45) is 0 Å². The molecule has 3 N–H and O–H groups in total. The monoisotopic (exact) mass is 499 g/mol. The van der Waals surface area contributed by atoms with Crippen molar-refractivity contribution in [1.29, 1.82) is 0 Å². The number of benzene rings is 1. The Hall–Kier alpha value is -3.31. The Morgan fingerprint density at radius 1 is 1.09 bits per heavy atom. The van der Waals surface area contributed by atoms with Crippen LogP contribution in [0, 0.1) is 0 Å². The Morgan fingerprint density at radius 3 is 2.46 bits per heavy atom. The lowest BCUT2D eigenvalue weighted by molar-refractivity contribution is 0.0150. The van der Waals surface area contributed by atoms with Crippen molar-refractivity contribution in [3.05, 3.63) is 51.8 Å². The molecule has 0 unspecified atom stereocenters. The summed E-state index contributed by atoms with van der Waals surface area (Å²) in [6, 6.07) is 8.47. The van der Waals surface area contributed by atoms with E-state index in [4.69, 9.17) is 10.5 Å². The van der Waals surface area contributed by atoms with Crippen LogP contribution in [-0.4, -0.2) is 76.4 Å². The summed E-state index contributed by atoms with van der Waals surface area (Å²) in [5.74, 6) is -0.522. The third-order valence-corrected chi connectivity index (χ3v) is 6.79. The van der Waals surface area contributed by atoms with Crippen LogP contribution >= 0.6 is 11.8 Å². The minimum Gasteiger partial charge on any atom is -0.444 e.